The maximum atomic E-state index is 14.2. The molecule has 1 saturated heterocycles. The van der Waals surface area contributed by atoms with Gasteiger partial charge in [-0.05, 0) is 54.6 Å². The van der Waals surface area contributed by atoms with Crippen LogP contribution >= 0.6 is 0 Å². The molecular weight excluding hydrogens is 1010 g/mol. The van der Waals surface area contributed by atoms with Crippen LogP contribution in [0.4, 0.5) is 18.9 Å². The fourth-order valence-electron chi connectivity index (χ4n) is 8.04. The third kappa shape index (κ3) is 11.6. The van der Waals surface area contributed by atoms with E-state index < -0.39 is 0 Å². The Hall–Kier alpha value is -10.4. The van der Waals surface area contributed by atoms with Crippen molar-refractivity contribution in [1.82, 2.24) is 94.2 Å². The van der Waals surface area contributed by atoms with Gasteiger partial charge >= 0.3 is 0 Å². The first-order valence-electron chi connectivity index (χ1n) is 24.2. The van der Waals surface area contributed by atoms with E-state index in [1.54, 1.807) is 112 Å². The van der Waals surface area contributed by atoms with Gasteiger partial charge in [0.05, 0.1) is 57.6 Å². The Balaban J connectivity index is 0.000000125. The largest absolute Gasteiger partial charge is 0.451 e. The van der Waals surface area contributed by atoms with Gasteiger partial charge in [0.1, 0.15) is 46.5 Å². The van der Waals surface area contributed by atoms with Crippen molar-refractivity contribution in [2.75, 3.05) is 31.2 Å². The number of hydrogen-bond donors (Lipinski definition) is 0. The number of ether oxygens (including phenoxy) is 1. The molecule has 0 radical (unpaired) electrons. The van der Waals surface area contributed by atoms with Gasteiger partial charge in [0, 0.05) is 54.1 Å². The lowest BCUT2D eigenvalue weighted by Crippen LogP contribution is -2.36. The van der Waals surface area contributed by atoms with E-state index in [4.69, 9.17) is 9.15 Å². The van der Waals surface area contributed by atoms with E-state index in [9.17, 15) is 13.2 Å². The van der Waals surface area contributed by atoms with Crippen LogP contribution < -0.4 is 4.90 Å². The summed E-state index contributed by atoms with van der Waals surface area (Å²) in [6.07, 6.45) is 14.2. The van der Waals surface area contributed by atoms with Crippen molar-refractivity contribution >= 4 is 5.69 Å². The molecule has 12 aromatic rings. The Morgan fingerprint density at radius 3 is 1.58 bits per heavy atom. The number of nitrogens with zero attached hydrogens (tertiary/aromatic N) is 20. The molecule has 25 heteroatoms. The van der Waals surface area contributed by atoms with E-state index in [0.29, 0.717) is 87.9 Å². The van der Waals surface area contributed by atoms with Crippen LogP contribution in [0.1, 0.15) is 16.7 Å². The molecule has 3 aromatic carbocycles. The van der Waals surface area contributed by atoms with Crippen LogP contribution in [0.15, 0.2) is 182 Å². The van der Waals surface area contributed by atoms with Crippen LogP contribution in [0, 0.1) is 17.5 Å². The lowest BCUT2D eigenvalue weighted by Gasteiger charge is -2.28. The van der Waals surface area contributed by atoms with Gasteiger partial charge in [-0.1, -0.05) is 71.9 Å². The average molecular weight is 1050 g/mol. The molecule has 0 N–H and O–H groups in total. The van der Waals surface area contributed by atoms with Crippen LogP contribution in [0.2, 0.25) is 0 Å². The number of benzene rings is 3. The van der Waals surface area contributed by atoms with Crippen LogP contribution in [-0.4, -0.2) is 121 Å². The van der Waals surface area contributed by atoms with Crippen LogP contribution in [0.25, 0.3) is 58.0 Å². The van der Waals surface area contributed by atoms with Gasteiger partial charge in [-0.2, -0.15) is 24.8 Å². The number of rotatable bonds is 13. The van der Waals surface area contributed by atoms with E-state index in [1.807, 2.05) is 48.5 Å². The van der Waals surface area contributed by atoms with E-state index in [-0.39, 0.29) is 37.1 Å². The van der Waals surface area contributed by atoms with Crippen molar-refractivity contribution in [3.63, 3.8) is 0 Å². The molecule has 0 amide bonds. The minimum atomic E-state index is -0.299. The molecule has 0 saturated carbocycles. The molecule has 0 atom stereocenters. The Morgan fingerprint density at radius 1 is 0.487 bits per heavy atom. The number of pyridine rings is 3. The maximum absolute atomic E-state index is 14.2. The summed E-state index contributed by atoms with van der Waals surface area (Å²) in [5, 5.41) is 29.4. The van der Waals surface area contributed by atoms with Crippen molar-refractivity contribution in [1.29, 1.82) is 0 Å². The van der Waals surface area contributed by atoms with Crippen LogP contribution in [0.3, 0.4) is 0 Å². The summed E-state index contributed by atoms with van der Waals surface area (Å²) >= 11 is 0. The van der Waals surface area contributed by atoms with Gasteiger partial charge < -0.3 is 14.1 Å². The summed E-state index contributed by atoms with van der Waals surface area (Å²) in [6.45, 7) is 3.69. The predicted octanol–water partition coefficient (Wildman–Crippen LogP) is 7.24. The number of anilines is 1. The van der Waals surface area contributed by atoms with E-state index >= 15 is 0 Å². The predicted molar refractivity (Wildman–Crippen MR) is 275 cm³/mol. The summed E-state index contributed by atoms with van der Waals surface area (Å²) in [7, 11) is 0. The Kier molecular flexibility index (Phi) is 14.9. The van der Waals surface area contributed by atoms with Crippen molar-refractivity contribution in [3.05, 3.63) is 212 Å². The monoisotopic (exact) mass is 1050 g/mol. The lowest BCUT2D eigenvalue weighted by atomic mass is 10.2. The van der Waals surface area contributed by atoms with Gasteiger partial charge in [-0.15, -0.1) is 25.2 Å². The van der Waals surface area contributed by atoms with Gasteiger partial charge in [0.2, 0.25) is 11.6 Å². The second kappa shape index (κ2) is 23.4. The average Bonchev–Trinajstić information content (AvgIpc) is 4.43. The molecule has 1 fully saturated rings. The molecule has 0 spiro atoms. The quantitative estimate of drug-likeness (QED) is 0.111. The summed E-state index contributed by atoms with van der Waals surface area (Å²) in [6, 6.07) is 34.6. The SMILES string of the molecule is Fc1ccccc1Cn1nc(-c2cc(N3CCOCC3)ccn2)nc1-c1cocn1.Fc1ccccc1Cn1nc(-c2ccccn2)nc1-n1ccnn1.Fc1ccccc1Cn1nc(-c2ccccn2)nc1-n1nccn1. The highest BCUT2D eigenvalue weighted by atomic mass is 19.1. The summed E-state index contributed by atoms with van der Waals surface area (Å²) in [5.41, 5.74) is 4.97. The normalized spacial score (nSPS) is 12.2. The minimum absolute atomic E-state index is 0.212. The highest BCUT2D eigenvalue weighted by Gasteiger charge is 2.21. The standard InChI is InChI=1S/C21H19FN6O2.2C16H12FN7/c22-17-4-2-1-3-15(17)12-28-21(19-13-30-14-24-19)25-20(26-28)18-11-16(5-6-23-18)27-7-9-29-10-8-27;17-13-6-2-1-5-12(13)11-24-16(23-10-9-19-22-23)20-15(21-24)14-7-3-4-8-18-14;17-13-6-2-1-5-12(13)11-23-16(24-19-9-10-20-24)21-15(22-23)14-7-3-4-8-18-14/h1-6,11,13-14H,7-10,12H2;2*1-10H,11H2. The fourth-order valence-corrected chi connectivity index (χ4v) is 8.04. The molecule has 13 rings (SSSR count). The second-order valence-corrected chi connectivity index (χ2v) is 16.9. The molecule has 0 aliphatic carbocycles. The zero-order valence-corrected chi connectivity index (χ0v) is 41.1. The molecule has 22 nitrogen and oxygen atoms in total. The molecule has 0 bridgehead atoms. The Morgan fingerprint density at radius 2 is 1.03 bits per heavy atom. The second-order valence-electron chi connectivity index (χ2n) is 16.9. The van der Waals surface area contributed by atoms with Gasteiger partial charge in [-0.3, -0.25) is 15.0 Å². The van der Waals surface area contributed by atoms with E-state index in [1.165, 1.54) is 40.3 Å². The van der Waals surface area contributed by atoms with Crippen molar-refractivity contribution in [3.8, 4) is 58.0 Å². The molecule has 9 aromatic heterocycles. The summed E-state index contributed by atoms with van der Waals surface area (Å²) < 4.78 is 58.9. The number of halogens is 3. The minimum Gasteiger partial charge on any atom is -0.451 e. The molecule has 10 heterocycles. The molecule has 0 unspecified atom stereocenters. The molecule has 388 valence electrons. The number of aromatic nitrogens is 19. The highest BCUT2D eigenvalue weighted by Crippen LogP contribution is 2.26. The first kappa shape index (κ1) is 49.8. The first-order valence-corrected chi connectivity index (χ1v) is 24.2. The molecular formula is C53H43F3N20O2. The molecule has 1 aliphatic heterocycles. The maximum Gasteiger partial charge on any atom is 0.268 e. The topological polar surface area (TPSA) is 231 Å². The third-order valence-corrected chi connectivity index (χ3v) is 11.8. The molecule has 78 heavy (non-hydrogen) atoms. The van der Waals surface area contributed by atoms with E-state index in [2.05, 4.69) is 75.6 Å². The highest BCUT2D eigenvalue weighted by molar-refractivity contribution is 5.61. The van der Waals surface area contributed by atoms with Crippen molar-refractivity contribution < 1.29 is 22.3 Å². The van der Waals surface area contributed by atoms with Crippen LogP contribution in [0.5, 0.6) is 0 Å². The summed E-state index contributed by atoms with van der Waals surface area (Å²) in [5.74, 6) is 1.74. The van der Waals surface area contributed by atoms with E-state index in [0.717, 1.165) is 18.8 Å². The van der Waals surface area contributed by atoms with Crippen molar-refractivity contribution in [2.24, 2.45) is 0 Å². The third-order valence-electron chi connectivity index (χ3n) is 11.8. The summed E-state index contributed by atoms with van der Waals surface area (Å²) in [4.78, 5) is 34.3. The van der Waals surface area contributed by atoms with Gasteiger partial charge in [0.15, 0.2) is 18.0 Å². The fraction of sp³-hybridized carbons (Fsp3) is 0.132. The zero-order chi connectivity index (χ0) is 53.0. The number of hydrogen-bond acceptors (Lipinski definition) is 17. The lowest BCUT2D eigenvalue weighted by molar-refractivity contribution is 0.122. The number of oxazole rings is 1. The Bertz CT molecular complexity index is 3670. The zero-order valence-electron chi connectivity index (χ0n) is 41.1. The Labute approximate surface area is 441 Å². The van der Waals surface area contributed by atoms with Gasteiger partial charge in [-0.25, -0.2) is 37.2 Å². The van der Waals surface area contributed by atoms with Gasteiger partial charge in [0.25, 0.3) is 11.9 Å². The number of morpholine rings is 1. The van der Waals surface area contributed by atoms with Crippen molar-refractivity contribution in [2.45, 2.75) is 19.6 Å². The first-order chi connectivity index (χ1) is 38.4. The van der Waals surface area contributed by atoms with Crippen LogP contribution in [-0.2, 0) is 24.4 Å². The smallest absolute Gasteiger partial charge is 0.268 e. The molecule has 1 aliphatic rings.